The SMILES string of the molecule is CC(C)(C)OC(=O)N1CCN(C2CCNc3c2nn(-c2ccc(Oc4cccc(F)c4)cc2)c3C(N)=O)CC1. The summed E-state index contributed by atoms with van der Waals surface area (Å²) in [6, 6.07) is 12.9. The Balaban J connectivity index is 1.35. The highest BCUT2D eigenvalue weighted by Gasteiger charge is 2.36. The zero-order valence-corrected chi connectivity index (χ0v) is 22.3. The van der Waals surface area contributed by atoms with Crippen molar-refractivity contribution >= 4 is 17.7 Å². The van der Waals surface area contributed by atoms with E-state index >= 15 is 0 Å². The average Bonchev–Trinajstić information content (AvgIpc) is 3.28. The minimum Gasteiger partial charge on any atom is -0.457 e. The first-order valence-corrected chi connectivity index (χ1v) is 13.0. The maximum absolute atomic E-state index is 13.5. The summed E-state index contributed by atoms with van der Waals surface area (Å²) in [5.41, 5.74) is 7.58. The van der Waals surface area contributed by atoms with Crippen LogP contribution in [0, 0.1) is 5.82 Å². The molecule has 1 unspecified atom stereocenters. The summed E-state index contributed by atoms with van der Waals surface area (Å²) in [6.07, 6.45) is 0.494. The van der Waals surface area contributed by atoms with E-state index in [9.17, 15) is 14.0 Å². The quantitative estimate of drug-likeness (QED) is 0.499. The average molecular weight is 537 g/mol. The monoisotopic (exact) mass is 536 g/mol. The first-order valence-electron chi connectivity index (χ1n) is 13.0. The number of aromatic nitrogens is 2. The molecule has 3 aromatic rings. The van der Waals surface area contributed by atoms with Crippen molar-refractivity contribution in [2.24, 2.45) is 5.73 Å². The molecule has 10 nitrogen and oxygen atoms in total. The standard InChI is InChI=1S/C28H33FN6O4/c1-28(2,3)39-27(37)34-15-13-33(14-16-34)22-11-12-31-24-23(22)32-35(25(24)26(30)36)19-7-9-20(10-8-19)38-21-6-4-5-18(29)17-21/h4-10,17,22,31H,11-16H2,1-3H3,(H2,30,36). The number of piperazine rings is 1. The van der Waals surface area contributed by atoms with Gasteiger partial charge in [-0.3, -0.25) is 9.69 Å². The minimum atomic E-state index is -0.591. The van der Waals surface area contributed by atoms with Gasteiger partial charge in [-0.2, -0.15) is 5.10 Å². The van der Waals surface area contributed by atoms with Crippen LogP contribution in [0.2, 0.25) is 0 Å². The first-order chi connectivity index (χ1) is 18.6. The number of ether oxygens (including phenoxy) is 2. The van der Waals surface area contributed by atoms with E-state index in [2.05, 4.69) is 10.2 Å². The molecule has 3 N–H and O–H groups in total. The number of carbonyl (C=O) groups excluding carboxylic acids is 2. The second-order valence-electron chi connectivity index (χ2n) is 10.7. The molecule has 2 aromatic carbocycles. The molecule has 0 aliphatic carbocycles. The Morgan fingerprint density at radius 1 is 1.05 bits per heavy atom. The normalized spacial score (nSPS) is 17.7. The first kappa shape index (κ1) is 26.5. The number of fused-ring (bicyclic) bond motifs is 1. The second kappa shape index (κ2) is 10.6. The summed E-state index contributed by atoms with van der Waals surface area (Å²) >= 11 is 0. The molecule has 1 aromatic heterocycles. The molecule has 1 fully saturated rings. The fraction of sp³-hybridized carbons (Fsp3) is 0.393. The molecular weight excluding hydrogens is 503 g/mol. The molecule has 0 spiro atoms. The number of carbonyl (C=O) groups is 2. The van der Waals surface area contributed by atoms with Gasteiger partial charge in [0.1, 0.15) is 28.6 Å². The van der Waals surface area contributed by atoms with Crippen LogP contribution in [-0.4, -0.2) is 69.9 Å². The Morgan fingerprint density at radius 2 is 1.77 bits per heavy atom. The van der Waals surface area contributed by atoms with Crippen LogP contribution in [0.25, 0.3) is 5.69 Å². The molecular formula is C28H33FN6O4. The van der Waals surface area contributed by atoms with Gasteiger partial charge in [-0.25, -0.2) is 13.9 Å². The molecule has 11 heteroatoms. The van der Waals surface area contributed by atoms with Crippen LogP contribution in [0.4, 0.5) is 14.9 Å². The van der Waals surface area contributed by atoms with E-state index in [1.807, 2.05) is 20.8 Å². The van der Waals surface area contributed by atoms with Crippen LogP contribution in [0.3, 0.4) is 0 Å². The second-order valence-corrected chi connectivity index (χ2v) is 10.7. The van der Waals surface area contributed by atoms with E-state index in [0.29, 0.717) is 55.6 Å². The van der Waals surface area contributed by atoms with Gasteiger partial charge in [0.15, 0.2) is 5.69 Å². The lowest BCUT2D eigenvalue weighted by atomic mass is 10.0. The number of nitrogens with two attached hydrogens (primary N) is 1. The predicted octanol–water partition coefficient (Wildman–Crippen LogP) is 4.31. The summed E-state index contributed by atoms with van der Waals surface area (Å²) in [6.45, 7) is 8.65. The van der Waals surface area contributed by atoms with Crippen molar-refractivity contribution in [3.05, 3.63) is 65.7 Å². The summed E-state index contributed by atoms with van der Waals surface area (Å²) in [5, 5.41) is 8.16. The van der Waals surface area contributed by atoms with Gasteiger partial charge in [-0.15, -0.1) is 0 Å². The Kier molecular flexibility index (Phi) is 7.17. The number of primary amides is 1. The fourth-order valence-electron chi connectivity index (χ4n) is 4.95. The van der Waals surface area contributed by atoms with Gasteiger partial charge in [-0.05, 0) is 63.6 Å². The largest absolute Gasteiger partial charge is 0.457 e. The van der Waals surface area contributed by atoms with Gasteiger partial charge in [-0.1, -0.05) is 6.07 Å². The van der Waals surface area contributed by atoms with Crippen LogP contribution in [0.1, 0.15) is 49.4 Å². The lowest BCUT2D eigenvalue weighted by Crippen LogP contribution is -2.51. The van der Waals surface area contributed by atoms with Gasteiger partial charge in [0.2, 0.25) is 0 Å². The fourth-order valence-corrected chi connectivity index (χ4v) is 4.95. The number of benzene rings is 2. The van der Waals surface area contributed by atoms with E-state index < -0.39 is 11.5 Å². The molecule has 5 rings (SSSR count). The molecule has 3 heterocycles. The van der Waals surface area contributed by atoms with Crippen LogP contribution >= 0.6 is 0 Å². The number of hydrogen-bond acceptors (Lipinski definition) is 7. The Morgan fingerprint density at radius 3 is 2.41 bits per heavy atom. The van der Waals surface area contributed by atoms with Crippen molar-refractivity contribution in [3.63, 3.8) is 0 Å². The topological polar surface area (TPSA) is 115 Å². The van der Waals surface area contributed by atoms with Crippen LogP contribution in [0.15, 0.2) is 48.5 Å². The molecule has 2 aliphatic rings. The highest BCUT2D eigenvalue weighted by atomic mass is 19.1. The van der Waals surface area contributed by atoms with Crippen LogP contribution < -0.4 is 15.8 Å². The number of hydrogen-bond donors (Lipinski definition) is 2. The molecule has 206 valence electrons. The van der Waals surface area contributed by atoms with E-state index in [1.165, 1.54) is 12.1 Å². The number of anilines is 1. The number of halogens is 1. The van der Waals surface area contributed by atoms with E-state index in [1.54, 1.807) is 46.0 Å². The van der Waals surface area contributed by atoms with E-state index in [-0.39, 0.29) is 23.6 Å². The van der Waals surface area contributed by atoms with Crippen molar-refractivity contribution < 1.29 is 23.5 Å². The summed E-state index contributed by atoms with van der Waals surface area (Å²) in [5.74, 6) is -0.0768. The van der Waals surface area contributed by atoms with Crippen molar-refractivity contribution in [1.82, 2.24) is 19.6 Å². The number of amides is 2. The van der Waals surface area contributed by atoms with Gasteiger partial charge >= 0.3 is 6.09 Å². The molecule has 2 amide bonds. The lowest BCUT2D eigenvalue weighted by Gasteiger charge is -2.40. The molecule has 1 saturated heterocycles. The van der Waals surface area contributed by atoms with E-state index in [4.69, 9.17) is 20.3 Å². The number of rotatable bonds is 5. The Bertz CT molecular complexity index is 1360. The molecule has 0 bridgehead atoms. The summed E-state index contributed by atoms with van der Waals surface area (Å²) < 4.78 is 26.3. The van der Waals surface area contributed by atoms with Crippen molar-refractivity contribution in [2.45, 2.75) is 38.8 Å². The maximum Gasteiger partial charge on any atom is 0.410 e. The maximum atomic E-state index is 13.5. The number of nitrogens with zero attached hydrogens (tertiary/aromatic N) is 4. The molecule has 39 heavy (non-hydrogen) atoms. The summed E-state index contributed by atoms with van der Waals surface area (Å²) in [4.78, 5) is 29.1. The third-order valence-electron chi connectivity index (χ3n) is 6.70. The Labute approximate surface area is 226 Å². The predicted molar refractivity (Wildman–Crippen MR) is 144 cm³/mol. The molecule has 2 aliphatic heterocycles. The zero-order valence-electron chi connectivity index (χ0n) is 22.3. The van der Waals surface area contributed by atoms with Gasteiger partial charge in [0.05, 0.1) is 17.4 Å². The molecule has 0 radical (unpaired) electrons. The van der Waals surface area contributed by atoms with Gasteiger partial charge in [0.25, 0.3) is 5.91 Å². The summed E-state index contributed by atoms with van der Waals surface area (Å²) in [7, 11) is 0. The van der Waals surface area contributed by atoms with Gasteiger partial charge < -0.3 is 25.4 Å². The van der Waals surface area contributed by atoms with Crippen LogP contribution in [0.5, 0.6) is 11.5 Å². The minimum absolute atomic E-state index is 0.0306. The zero-order chi connectivity index (χ0) is 27.7. The van der Waals surface area contributed by atoms with E-state index in [0.717, 1.165) is 12.1 Å². The van der Waals surface area contributed by atoms with Gasteiger partial charge in [0, 0.05) is 38.8 Å². The van der Waals surface area contributed by atoms with Crippen LogP contribution in [-0.2, 0) is 4.74 Å². The third kappa shape index (κ3) is 5.83. The lowest BCUT2D eigenvalue weighted by molar-refractivity contribution is 0.00952. The number of nitrogens with one attached hydrogen (secondary N) is 1. The third-order valence-corrected chi connectivity index (χ3v) is 6.70. The highest BCUT2D eigenvalue weighted by molar-refractivity contribution is 5.98. The Hall–Kier alpha value is -4.12. The molecule has 1 atom stereocenters. The van der Waals surface area contributed by atoms with Crippen molar-refractivity contribution in [1.29, 1.82) is 0 Å². The smallest absolute Gasteiger partial charge is 0.410 e. The van der Waals surface area contributed by atoms with Crippen molar-refractivity contribution in [2.75, 3.05) is 38.0 Å². The molecule has 0 saturated carbocycles. The highest BCUT2D eigenvalue weighted by Crippen LogP contribution is 2.37. The van der Waals surface area contributed by atoms with Crippen molar-refractivity contribution in [3.8, 4) is 17.2 Å².